The lowest BCUT2D eigenvalue weighted by atomic mass is 9.85. The molecule has 0 heterocycles. The zero-order valence-corrected chi connectivity index (χ0v) is 15.8. The van der Waals surface area contributed by atoms with E-state index >= 15 is 0 Å². The van der Waals surface area contributed by atoms with Crippen LogP contribution in [0.3, 0.4) is 0 Å². The molecule has 2 rings (SSSR count). The Balaban J connectivity index is 1.94. The van der Waals surface area contributed by atoms with Crippen LogP contribution in [0.15, 0.2) is 18.2 Å². The Morgan fingerprint density at radius 1 is 1.19 bits per heavy atom. The maximum Gasteiger partial charge on any atom is 0.303 e. The highest BCUT2D eigenvalue weighted by atomic mass is 16.5. The molecule has 2 N–H and O–H groups in total. The molecule has 0 spiro atoms. The smallest absolute Gasteiger partial charge is 0.303 e. The first-order valence-corrected chi connectivity index (χ1v) is 9.11. The third-order valence-corrected chi connectivity index (χ3v) is 4.58. The second kappa shape index (κ2) is 8.92. The van der Waals surface area contributed by atoms with Crippen LogP contribution in [0.2, 0.25) is 0 Å². The van der Waals surface area contributed by atoms with E-state index in [1.807, 2.05) is 18.2 Å². The minimum absolute atomic E-state index is 0.0394. The molecule has 26 heavy (non-hydrogen) atoms. The third kappa shape index (κ3) is 6.24. The van der Waals surface area contributed by atoms with Crippen LogP contribution in [-0.2, 0) is 16.1 Å². The molecule has 6 nitrogen and oxygen atoms in total. The van der Waals surface area contributed by atoms with Crippen LogP contribution in [0, 0.1) is 5.41 Å². The molecule has 6 heteroatoms. The number of aliphatic carboxylic acids is 1. The van der Waals surface area contributed by atoms with Gasteiger partial charge in [0.05, 0.1) is 19.6 Å². The summed E-state index contributed by atoms with van der Waals surface area (Å²) in [4.78, 5) is 23.0. The van der Waals surface area contributed by atoms with Crippen LogP contribution in [-0.4, -0.2) is 30.2 Å². The van der Waals surface area contributed by atoms with E-state index in [2.05, 4.69) is 5.32 Å². The summed E-state index contributed by atoms with van der Waals surface area (Å²) in [6.07, 6.45) is 4.85. The lowest BCUT2D eigenvalue weighted by molar-refractivity contribution is -0.139. The molecule has 144 valence electrons. The molecule has 1 aliphatic rings. The summed E-state index contributed by atoms with van der Waals surface area (Å²) in [5.74, 6) is 0.337. The minimum atomic E-state index is -0.897. The molecule has 0 aromatic heterocycles. The average molecular weight is 363 g/mol. The Bertz CT molecular complexity index is 635. The monoisotopic (exact) mass is 363 g/mol. The van der Waals surface area contributed by atoms with Gasteiger partial charge in [-0.2, -0.15) is 0 Å². The number of nitrogens with one attached hydrogen (secondary N) is 1. The SMILES string of the molecule is COc1ccc(CNC(=O)CC(C)(C)CC(=O)O)cc1OC1CCCC1. The van der Waals surface area contributed by atoms with Crippen LogP contribution in [0.4, 0.5) is 0 Å². The molecule has 1 aromatic carbocycles. The van der Waals surface area contributed by atoms with Gasteiger partial charge in [0.2, 0.25) is 5.91 Å². The summed E-state index contributed by atoms with van der Waals surface area (Å²) in [6.45, 7) is 3.93. The van der Waals surface area contributed by atoms with Gasteiger partial charge in [-0.25, -0.2) is 0 Å². The lowest BCUT2D eigenvalue weighted by Crippen LogP contribution is -2.29. The van der Waals surface area contributed by atoms with Crippen molar-refractivity contribution in [2.45, 2.75) is 65.0 Å². The summed E-state index contributed by atoms with van der Waals surface area (Å²) in [5.41, 5.74) is 0.343. The molecule has 0 atom stereocenters. The molecule has 1 amide bonds. The Labute approximate surface area is 154 Å². The molecule has 1 aliphatic carbocycles. The number of amides is 1. The number of rotatable bonds is 9. The van der Waals surface area contributed by atoms with Gasteiger partial charge in [0, 0.05) is 13.0 Å². The van der Waals surface area contributed by atoms with E-state index < -0.39 is 11.4 Å². The van der Waals surface area contributed by atoms with Crippen molar-refractivity contribution in [1.29, 1.82) is 0 Å². The van der Waals surface area contributed by atoms with Gasteiger partial charge in [0.15, 0.2) is 11.5 Å². The molecule has 0 radical (unpaired) electrons. The van der Waals surface area contributed by atoms with Crippen LogP contribution < -0.4 is 14.8 Å². The summed E-state index contributed by atoms with van der Waals surface area (Å²) < 4.78 is 11.4. The van der Waals surface area contributed by atoms with Gasteiger partial charge >= 0.3 is 5.97 Å². The topological polar surface area (TPSA) is 84.9 Å². The highest BCUT2D eigenvalue weighted by molar-refractivity contribution is 5.77. The zero-order valence-electron chi connectivity index (χ0n) is 15.8. The van der Waals surface area contributed by atoms with E-state index in [1.54, 1.807) is 21.0 Å². The molecule has 0 aliphatic heterocycles. The number of hydrogen-bond donors (Lipinski definition) is 2. The second-order valence-corrected chi connectivity index (χ2v) is 7.70. The normalized spacial score (nSPS) is 14.9. The number of carbonyl (C=O) groups is 2. The van der Waals surface area contributed by atoms with Crippen molar-refractivity contribution >= 4 is 11.9 Å². The van der Waals surface area contributed by atoms with Crippen LogP contribution in [0.5, 0.6) is 11.5 Å². The van der Waals surface area contributed by atoms with Crippen LogP contribution in [0.25, 0.3) is 0 Å². The zero-order chi connectivity index (χ0) is 19.2. The van der Waals surface area contributed by atoms with E-state index in [1.165, 1.54) is 12.8 Å². The maximum atomic E-state index is 12.1. The fourth-order valence-electron chi connectivity index (χ4n) is 3.28. The van der Waals surface area contributed by atoms with Gasteiger partial charge in [-0.15, -0.1) is 0 Å². The van der Waals surface area contributed by atoms with E-state index in [9.17, 15) is 9.59 Å². The first kappa shape index (κ1) is 20.1. The fraction of sp³-hybridized carbons (Fsp3) is 0.600. The number of benzene rings is 1. The molecule has 1 aromatic rings. The van der Waals surface area contributed by atoms with Crippen molar-refractivity contribution in [3.8, 4) is 11.5 Å². The Hall–Kier alpha value is -2.24. The third-order valence-electron chi connectivity index (χ3n) is 4.58. The Morgan fingerprint density at radius 3 is 2.50 bits per heavy atom. The molecule has 0 bridgehead atoms. The molecule has 1 saturated carbocycles. The van der Waals surface area contributed by atoms with Crippen molar-refractivity contribution in [2.24, 2.45) is 5.41 Å². The van der Waals surface area contributed by atoms with Crippen molar-refractivity contribution in [2.75, 3.05) is 7.11 Å². The standard InChI is InChI=1S/C20H29NO5/c1-20(2,12-19(23)24)11-18(22)21-13-14-8-9-16(25-3)17(10-14)26-15-6-4-5-7-15/h8-10,15H,4-7,11-13H2,1-3H3,(H,21,22)(H,23,24). The Morgan fingerprint density at radius 2 is 1.88 bits per heavy atom. The quantitative estimate of drug-likeness (QED) is 0.701. The number of methoxy groups -OCH3 is 1. The van der Waals surface area contributed by atoms with Gasteiger partial charge in [0.25, 0.3) is 0 Å². The number of carboxylic acid groups (broad SMARTS) is 1. The van der Waals surface area contributed by atoms with E-state index in [0.29, 0.717) is 18.0 Å². The molecule has 0 saturated heterocycles. The van der Waals surface area contributed by atoms with Crippen molar-refractivity contribution < 1.29 is 24.2 Å². The minimum Gasteiger partial charge on any atom is -0.493 e. The molecule has 1 fully saturated rings. The van der Waals surface area contributed by atoms with Crippen LogP contribution in [0.1, 0.15) is 57.9 Å². The molecular formula is C20H29NO5. The predicted molar refractivity (Wildman–Crippen MR) is 98.4 cm³/mol. The second-order valence-electron chi connectivity index (χ2n) is 7.70. The summed E-state index contributed by atoms with van der Waals surface area (Å²) in [6, 6.07) is 5.64. The van der Waals surface area contributed by atoms with Crippen LogP contribution >= 0.6 is 0 Å². The largest absolute Gasteiger partial charge is 0.493 e. The molecular weight excluding hydrogens is 334 g/mol. The fourth-order valence-corrected chi connectivity index (χ4v) is 3.28. The number of ether oxygens (including phenoxy) is 2. The number of hydrogen-bond acceptors (Lipinski definition) is 4. The Kier molecular flexibility index (Phi) is 6.89. The summed E-state index contributed by atoms with van der Waals surface area (Å²) in [5, 5.41) is 11.8. The van der Waals surface area contributed by atoms with E-state index in [-0.39, 0.29) is 24.9 Å². The average Bonchev–Trinajstić information content (AvgIpc) is 3.04. The van der Waals surface area contributed by atoms with Crippen molar-refractivity contribution in [1.82, 2.24) is 5.32 Å². The summed E-state index contributed by atoms with van der Waals surface area (Å²) >= 11 is 0. The highest BCUT2D eigenvalue weighted by Gasteiger charge is 2.25. The maximum absolute atomic E-state index is 12.1. The first-order valence-electron chi connectivity index (χ1n) is 9.11. The van der Waals surface area contributed by atoms with Crippen molar-refractivity contribution in [3.63, 3.8) is 0 Å². The molecule has 0 unspecified atom stereocenters. The van der Waals surface area contributed by atoms with Gasteiger partial charge < -0.3 is 19.9 Å². The lowest BCUT2D eigenvalue weighted by Gasteiger charge is -2.21. The number of carbonyl (C=O) groups excluding carboxylic acids is 1. The van der Waals surface area contributed by atoms with Gasteiger partial charge in [-0.1, -0.05) is 19.9 Å². The number of carboxylic acids is 1. The summed E-state index contributed by atoms with van der Waals surface area (Å²) in [7, 11) is 1.61. The predicted octanol–water partition coefficient (Wildman–Crippen LogP) is 3.52. The highest BCUT2D eigenvalue weighted by Crippen LogP contribution is 2.32. The first-order chi connectivity index (χ1) is 12.3. The van der Waals surface area contributed by atoms with E-state index in [0.717, 1.165) is 18.4 Å². The van der Waals surface area contributed by atoms with Gasteiger partial charge in [-0.3, -0.25) is 9.59 Å². The van der Waals surface area contributed by atoms with Gasteiger partial charge in [-0.05, 0) is 48.8 Å². The van der Waals surface area contributed by atoms with E-state index in [4.69, 9.17) is 14.6 Å². The van der Waals surface area contributed by atoms with Gasteiger partial charge in [0.1, 0.15) is 0 Å². The van der Waals surface area contributed by atoms with Crippen molar-refractivity contribution in [3.05, 3.63) is 23.8 Å².